The molecule has 29 heavy (non-hydrogen) atoms. The van der Waals surface area contributed by atoms with Gasteiger partial charge in [-0.25, -0.2) is 8.42 Å². The number of benzene rings is 2. The van der Waals surface area contributed by atoms with Crippen LogP contribution in [0.1, 0.15) is 31.4 Å². The largest absolute Gasteiger partial charge is 0.325 e. The molecule has 1 amide bonds. The minimum atomic E-state index is -3.73. The number of sulfonamides is 1. The van der Waals surface area contributed by atoms with Crippen LogP contribution in [-0.2, 0) is 14.8 Å². The van der Waals surface area contributed by atoms with Crippen LogP contribution in [0.3, 0.4) is 0 Å². The molecule has 2 aromatic carbocycles. The fourth-order valence-corrected chi connectivity index (χ4v) is 4.40. The van der Waals surface area contributed by atoms with Crippen molar-refractivity contribution < 1.29 is 13.2 Å². The van der Waals surface area contributed by atoms with E-state index < -0.39 is 10.0 Å². The molecule has 0 saturated heterocycles. The van der Waals surface area contributed by atoms with Gasteiger partial charge in [0.15, 0.2) is 0 Å². The molecular formula is C20H23ClN4O3S. The SMILES string of the molecule is CC(NCC(=O)Nc1cccc(S(=O)(=O)NC2=NCCC2)c1)c1ccccc1Cl. The number of hydrogen-bond donors (Lipinski definition) is 3. The van der Waals surface area contributed by atoms with Gasteiger partial charge >= 0.3 is 0 Å². The molecule has 1 heterocycles. The van der Waals surface area contributed by atoms with E-state index in [1.807, 2.05) is 25.1 Å². The summed E-state index contributed by atoms with van der Waals surface area (Å²) < 4.78 is 27.5. The highest BCUT2D eigenvalue weighted by molar-refractivity contribution is 7.90. The average Bonchev–Trinajstić information content (AvgIpc) is 3.19. The molecule has 0 spiro atoms. The maximum atomic E-state index is 12.5. The Bertz CT molecular complexity index is 1020. The highest BCUT2D eigenvalue weighted by atomic mass is 35.5. The van der Waals surface area contributed by atoms with E-state index in [9.17, 15) is 13.2 Å². The first-order valence-electron chi connectivity index (χ1n) is 9.29. The molecule has 0 aliphatic carbocycles. The van der Waals surface area contributed by atoms with Gasteiger partial charge in [0, 0.05) is 29.7 Å². The van der Waals surface area contributed by atoms with E-state index in [0.717, 1.165) is 12.0 Å². The van der Waals surface area contributed by atoms with E-state index >= 15 is 0 Å². The number of carbonyl (C=O) groups excluding carboxylic acids is 1. The van der Waals surface area contributed by atoms with Gasteiger partial charge in [-0.1, -0.05) is 35.9 Å². The first kappa shape index (κ1) is 21.3. The molecule has 3 rings (SSSR count). The molecule has 2 aromatic rings. The Kier molecular flexibility index (Phi) is 6.89. The van der Waals surface area contributed by atoms with E-state index in [1.165, 1.54) is 12.1 Å². The van der Waals surface area contributed by atoms with Crippen molar-refractivity contribution in [3.63, 3.8) is 0 Å². The van der Waals surface area contributed by atoms with Crippen molar-refractivity contribution in [2.45, 2.75) is 30.7 Å². The standard InChI is InChI=1S/C20H23ClN4O3S/c1-14(17-8-2-3-9-18(17)21)23-13-20(26)24-15-6-4-7-16(12-15)29(27,28)25-19-10-5-11-22-19/h2-4,6-9,12,14,23H,5,10-11,13H2,1H3,(H,22,25)(H,24,26). The number of nitrogens with zero attached hydrogens (tertiary/aromatic N) is 1. The molecule has 1 unspecified atom stereocenters. The zero-order valence-corrected chi connectivity index (χ0v) is 17.6. The first-order chi connectivity index (χ1) is 13.8. The van der Waals surface area contributed by atoms with Crippen LogP contribution in [0.4, 0.5) is 5.69 Å². The molecule has 0 bridgehead atoms. The number of rotatable bonds is 7. The van der Waals surface area contributed by atoms with Crippen LogP contribution >= 0.6 is 11.6 Å². The van der Waals surface area contributed by atoms with Gasteiger partial charge in [0.05, 0.1) is 11.4 Å². The fraction of sp³-hybridized carbons (Fsp3) is 0.300. The third kappa shape index (κ3) is 5.79. The maximum absolute atomic E-state index is 12.5. The number of hydrogen-bond acceptors (Lipinski definition) is 5. The summed E-state index contributed by atoms with van der Waals surface area (Å²) in [5.74, 6) is 0.184. The number of amidine groups is 1. The van der Waals surface area contributed by atoms with Gasteiger partial charge in [-0.15, -0.1) is 0 Å². The fourth-order valence-electron chi connectivity index (χ4n) is 2.97. The molecule has 7 nitrogen and oxygen atoms in total. The van der Waals surface area contributed by atoms with E-state index in [4.69, 9.17) is 11.6 Å². The Labute approximate surface area is 175 Å². The molecule has 1 atom stereocenters. The maximum Gasteiger partial charge on any atom is 0.262 e. The Balaban J connectivity index is 1.59. The molecule has 154 valence electrons. The van der Waals surface area contributed by atoms with Crippen LogP contribution in [0.15, 0.2) is 58.4 Å². The molecule has 0 radical (unpaired) electrons. The summed E-state index contributed by atoms with van der Waals surface area (Å²) in [7, 11) is -3.73. The zero-order chi connectivity index (χ0) is 20.9. The van der Waals surface area contributed by atoms with Crippen molar-refractivity contribution in [2.75, 3.05) is 18.4 Å². The molecule has 0 fully saturated rings. The summed E-state index contributed by atoms with van der Waals surface area (Å²) in [6, 6.07) is 13.4. The number of aliphatic imine (C=N–C) groups is 1. The summed E-state index contributed by atoms with van der Waals surface area (Å²) >= 11 is 6.17. The number of carbonyl (C=O) groups is 1. The third-order valence-electron chi connectivity index (χ3n) is 4.50. The van der Waals surface area contributed by atoms with Crippen LogP contribution in [0.2, 0.25) is 5.02 Å². The van der Waals surface area contributed by atoms with Crippen molar-refractivity contribution in [3.8, 4) is 0 Å². The smallest absolute Gasteiger partial charge is 0.262 e. The minimum absolute atomic E-state index is 0.0540. The van der Waals surface area contributed by atoms with Crippen LogP contribution in [0.5, 0.6) is 0 Å². The lowest BCUT2D eigenvalue weighted by atomic mass is 10.1. The van der Waals surface area contributed by atoms with Crippen LogP contribution < -0.4 is 15.4 Å². The van der Waals surface area contributed by atoms with Gasteiger partial charge in [-0.2, -0.15) is 0 Å². The predicted octanol–water partition coefficient (Wildman–Crippen LogP) is 3.10. The van der Waals surface area contributed by atoms with Gasteiger partial charge in [0.2, 0.25) is 5.91 Å². The number of nitrogens with one attached hydrogen (secondary N) is 3. The summed E-state index contributed by atoms with van der Waals surface area (Å²) in [6.07, 6.45) is 1.46. The second-order valence-corrected chi connectivity index (χ2v) is 8.83. The van der Waals surface area contributed by atoms with Gasteiger partial charge in [0.1, 0.15) is 5.84 Å². The topological polar surface area (TPSA) is 99.7 Å². The number of anilines is 1. The first-order valence-corrected chi connectivity index (χ1v) is 11.1. The summed E-state index contributed by atoms with van der Waals surface area (Å²) in [6.45, 7) is 2.60. The summed E-state index contributed by atoms with van der Waals surface area (Å²) in [4.78, 5) is 16.5. The van der Waals surface area contributed by atoms with Gasteiger partial charge < -0.3 is 10.6 Å². The highest BCUT2D eigenvalue weighted by Crippen LogP contribution is 2.22. The van der Waals surface area contributed by atoms with E-state index in [1.54, 1.807) is 18.2 Å². The molecule has 0 saturated carbocycles. The van der Waals surface area contributed by atoms with Gasteiger partial charge in [-0.3, -0.25) is 14.5 Å². The van der Waals surface area contributed by atoms with E-state index in [-0.39, 0.29) is 23.4 Å². The van der Waals surface area contributed by atoms with Crippen LogP contribution in [0.25, 0.3) is 0 Å². The number of halogens is 1. The second-order valence-electron chi connectivity index (χ2n) is 6.74. The lowest BCUT2D eigenvalue weighted by molar-refractivity contribution is -0.115. The Morgan fingerprint density at radius 1 is 1.21 bits per heavy atom. The van der Waals surface area contributed by atoms with Crippen LogP contribution in [-0.4, -0.2) is 33.3 Å². The van der Waals surface area contributed by atoms with Crippen molar-refractivity contribution in [3.05, 3.63) is 59.1 Å². The van der Waals surface area contributed by atoms with Crippen LogP contribution in [0, 0.1) is 0 Å². The molecular weight excluding hydrogens is 412 g/mol. The Morgan fingerprint density at radius 3 is 2.72 bits per heavy atom. The molecule has 1 aliphatic rings. The average molecular weight is 435 g/mol. The Morgan fingerprint density at radius 2 is 2.00 bits per heavy atom. The summed E-state index contributed by atoms with van der Waals surface area (Å²) in [5, 5.41) is 6.45. The van der Waals surface area contributed by atoms with E-state index in [0.29, 0.717) is 29.5 Å². The van der Waals surface area contributed by atoms with Crippen molar-refractivity contribution in [2.24, 2.45) is 4.99 Å². The highest BCUT2D eigenvalue weighted by Gasteiger charge is 2.19. The quantitative estimate of drug-likeness (QED) is 0.623. The zero-order valence-electron chi connectivity index (χ0n) is 16.0. The third-order valence-corrected chi connectivity index (χ3v) is 6.22. The van der Waals surface area contributed by atoms with Gasteiger partial charge in [0.25, 0.3) is 10.0 Å². The van der Waals surface area contributed by atoms with Crippen molar-refractivity contribution >= 4 is 39.1 Å². The second kappa shape index (κ2) is 9.39. The monoisotopic (exact) mass is 434 g/mol. The minimum Gasteiger partial charge on any atom is -0.325 e. The van der Waals surface area contributed by atoms with Crippen molar-refractivity contribution in [1.29, 1.82) is 0 Å². The lowest BCUT2D eigenvalue weighted by Gasteiger charge is -2.15. The predicted molar refractivity (Wildman–Crippen MR) is 115 cm³/mol. The van der Waals surface area contributed by atoms with Gasteiger partial charge in [-0.05, 0) is 43.2 Å². The lowest BCUT2D eigenvalue weighted by Crippen LogP contribution is -2.31. The summed E-state index contributed by atoms with van der Waals surface area (Å²) in [5.41, 5.74) is 1.30. The molecule has 0 aromatic heterocycles. The molecule has 3 N–H and O–H groups in total. The van der Waals surface area contributed by atoms with E-state index in [2.05, 4.69) is 20.3 Å². The molecule has 1 aliphatic heterocycles. The normalized spacial score (nSPS) is 14.9. The Hall–Kier alpha value is -2.42. The molecule has 9 heteroatoms. The van der Waals surface area contributed by atoms with Crippen molar-refractivity contribution in [1.82, 2.24) is 10.0 Å². The number of amides is 1.